The Hall–Kier alpha value is -2.50. The van der Waals surface area contributed by atoms with Crippen LogP contribution in [0.1, 0.15) is 0 Å². The molecule has 0 fully saturated rings. The van der Waals surface area contributed by atoms with Gasteiger partial charge in [-0.25, -0.2) is 4.39 Å². The second-order valence-electron chi connectivity index (χ2n) is 3.40. The number of hydrogen-bond acceptors (Lipinski definition) is 4. The summed E-state index contributed by atoms with van der Waals surface area (Å²) in [5.74, 6) is -0.729. The highest BCUT2D eigenvalue weighted by molar-refractivity contribution is 5.69. The first-order valence-electron chi connectivity index (χ1n) is 4.74. The lowest BCUT2D eigenvalue weighted by atomic mass is 10.1. The molecule has 2 aromatic rings. The first kappa shape index (κ1) is 11.0. The molecule has 86 valence electrons. The first-order valence-corrected chi connectivity index (χ1v) is 4.74. The van der Waals surface area contributed by atoms with Crippen LogP contribution in [-0.2, 0) is 0 Å². The summed E-state index contributed by atoms with van der Waals surface area (Å²) >= 11 is 0. The van der Waals surface area contributed by atoms with E-state index in [1.165, 1.54) is 24.4 Å². The van der Waals surface area contributed by atoms with Crippen LogP contribution in [-0.4, -0.2) is 9.91 Å². The summed E-state index contributed by atoms with van der Waals surface area (Å²) < 4.78 is 12.7. The van der Waals surface area contributed by atoms with Gasteiger partial charge in [0.15, 0.2) is 0 Å². The number of nitrogens with two attached hydrogens (primary N) is 1. The zero-order chi connectivity index (χ0) is 12.4. The predicted molar refractivity (Wildman–Crippen MR) is 60.7 cm³/mol. The summed E-state index contributed by atoms with van der Waals surface area (Å²) in [4.78, 5) is 13.5. The number of anilines is 1. The Bertz CT molecular complexity index is 569. The Balaban J connectivity index is 2.44. The van der Waals surface area contributed by atoms with Crippen LogP contribution in [0.2, 0.25) is 0 Å². The van der Waals surface area contributed by atoms with E-state index >= 15 is 0 Å². The van der Waals surface area contributed by atoms with E-state index in [-0.39, 0.29) is 17.3 Å². The van der Waals surface area contributed by atoms with Crippen LogP contribution in [0.25, 0.3) is 11.1 Å². The van der Waals surface area contributed by atoms with Crippen LogP contribution in [0.4, 0.5) is 15.9 Å². The van der Waals surface area contributed by atoms with E-state index in [1.807, 2.05) is 0 Å². The van der Waals surface area contributed by atoms with Crippen LogP contribution < -0.4 is 5.73 Å². The number of benzene rings is 1. The van der Waals surface area contributed by atoms with Crippen molar-refractivity contribution in [2.45, 2.75) is 0 Å². The average Bonchev–Trinajstić information content (AvgIpc) is 2.29. The summed E-state index contributed by atoms with van der Waals surface area (Å²) in [6.07, 6.45) is 1.34. The smallest absolute Gasteiger partial charge is 0.386 e. The SMILES string of the molecule is Nc1cc(-c2ccc(F)cc2)cnc1[N+](=O)[O-]. The van der Waals surface area contributed by atoms with Crippen molar-refractivity contribution in [2.24, 2.45) is 0 Å². The molecule has 1 aromatic carbocycles. The number of nitro groups is 1. The highest BCUT2D eigenvalue weighted by Crippen LogP contribution is 2.25. The van der Waals surface area contributed by atoms with Gasteiger partial charge in [0.25, 0.3) is 0 Å². The van der Waals surface area contributed by atoms with E-state index in [9.17, 15) is 14.5 Å². The summed E-state index contributed by atoms with van der Waals surface area (Å²) in [7, 11) is 0. The Kier molecular flexibility index (Phi) is 2.70. The lowest BCUT2D eigenvalue weighted by molar-refractivity contribution is -0.388. The molecular weight excluding hydrogens is 225 g/mol. The van der Waals surface area contributed by atoms with Gasteiger partial charge < -0.3 is 15.8 Å². The Labute approximate surface area is 95.9 Å². The lowest BCUT2D eigenvalue weighted by Crippen LogP contribution is -1.98. The second kappa shape index (κ2) is 4.17. The molecule has 0 saturated carbocycles. The maximum atomic E-state index is 12.7. The highest BCUT2D eigenvalue weighted by Gasteiger charge is 2.14. The number of nitrogen functional groups attached to an aromatic ring is 1. The number of halogens is 1. The number of nitrogens with zero attached hydrogens (tertiary/aromatic N) is 2. The van der Waals surface area contributed by atoms with Gasteiger partial charge >= 0.3 is 5.82 Å². The molecule has 1 heterocycles. The molecule has 0 unspecified atom stereocenters. The first-order chi connectivity index (χ1) is 8.08. The Morgan fingerprint density at radius 1 is 1.24 bits per heavy atom. The second-order valence-corrected chi connectivity index (χ2v) is 3.40. The molecule has 2 rings (SSSR count). The molecule has 0 aliphatic heterocycles. The fraction of sp³-hybridized carbons (Fsp3) is 0. The lowest BCUT2D eigenvalue weighted by Gasteiger charge is -2.01. The Morgan fingerprint density at radius 3 is 2.41 bits per heavy atom. The fourth-order valence-corrected chi connectivity index (χ4v) is 1.43. The third-order valence-electron chi connectivity index (χ3n) is 2.25. The van der Waals surface area contributed by atoms with E-state index < -0.39 is 4.92 Å². The monoisotopic (exact) mass is 233 g/mol. The number of pyridine rings is 1. The number of aromatic nitrogens is 1. The van der Waals surface area contributed by atoms with Crippen molar-refractivity contribution in [3.8, 4) is 11.1 Å². The van der Waals surface area contributed by atoms with Crippen LogP contribution in [0.5, 0.6) is 0 Å². The minimum atomic E-state index is -0.649. The molecule has 0 aliphatic carbocycles. The molecule has 0 aliphatic rings. The standard InChI is InChI=1S/C11H8FN3O2/c12-9-3-1-7(2-4-9)8-5-10(13)11(14-6-8)15(16)17/h1-6H,13H2. The molecule has 0 saturated heterocycles. The predicted octanol–water partition coefficient (Wildman–Crippen LogP) is 2.38. The number of rotatable bonds is 2. The molecule has 1 aromatic heterocycles. The van der Waals surface area contributed by atoms with Crippen LogP contribution in [0, 0.1) is 15.9 Å². The van der Waals surface area contributed by atoms with E-state index in [1.54, 1.807) is 12.1 Å². The van der Waals surface area contributed by atoms with E-state index in [0.29, 0.717) is 11.1 Å². The van der Waals surface area contributed by atoms with Gasteiger partial charge in [0.2, 0.25) is 0 Å². The summed E-state index contributed by atoms with van der Waals surface area (Å²) in [6.45, 7) is 0. The van der Waals surface area contributed by atoms with Gasteiger partial charge in [-0.3, -0.25) is 0 Å². The molecule has 6 heteroatoms. The molecule has 17 heavy (non-hydrogen) atoms. The summed E-state index contributed by atoms with van der Waals surface area (Å²) in [5.41, 5.74) is 6.79. The van der Waals surface area contributed by atoms with Gasteiger partial charge in [-0.05, 0) is 33.7 Å². The Morgan fingerprint density at radius 2 is 1.88 bits per heavy atom. The summed E-state index contributed by atoms with van der Waals surface area (Å²) in [6, 6.07) is 7.15. The molecule has 2 N–H and O–H groups in total. The average molecular weight is 233 g/mol. The highest BCUT2D eigenvalue weighted by atomic mass is 19.1. The van der Waals surface area contributed by atoms with Gasteiger partial charge in [0.05, 0.1) is 0 Å². The van der Waals surface area contributed by atoms with Gasteiger partial charge in [-0.15, -0.1) is 0 Å². The van der Waals surface area contributed by atoms with Crippen molar-refractivity contribution >= 4 is 11.5 Å². The minimum Gasteiger partial charge on any atom is -0.392 e. The number of hydrogen-bond donors (Lipinski definition) is 1. The van der Waals surface area contributed by atoms with Gasteiger partial charge in [-0.2, -0.15) is 0 Å². The topological polar surface area (TPSA) is 82.0 Å². The summed E-state index contributed by atoms with van der Waals surface area (Å²) in [5, 5.41) is 10.5. The molecule has 0 radical (unpaired) electrons. The zero-order valence-electron chi connectivity index (χ0n) is 8.63. The quantitative estimate of drug-likeness (QED) is 0.637. The molecule has 0 spiro atoms. The maximum Gasteiger partial charge on any atom is 0.386 e. The normalized spacial score (nSPS) is 10.2. The van der Waals surface area contributed by atoms with Crippen molar-refractivity contribution in [3.63, 3.8) is 0 Å². The van der Waals surface area contributed by atoms with Gasteiger partial charge in [-0.1, -0.05) is 12.1 Å². The van der Waals surface area contributed by atoms with Gasteiger partial charge in [0, 0.05) is 5.56 Å². The third-order valence-corrected chi connectivity index (χ3v) is 2.25. The molecular formula is C11H8FN3O2. The van der Waals surface area contributed by atoms with Crippen molar-refractivity contribution < 1.29 is 9.31 Å². The largest absolute Gasteiger partial charge is 0.392 e. The third kappa shape index (κ3) is 2.20. The molecule has 0 bridgehead atoms. The van der Waals surface area contributed by atoms with Crippen molar-refractivity contribution in [2.75, 3.05) is 5.73 Å². The maximum absolute atomic E-state index is 12.7. The zero-order valence-corrected chi connectivity index (χ0v) is 8.63. The van der Waals surface area contributed by atoms with Crippen molar-refractivity contribution in [1.29, 1.82) is 0 Å². The van der Waals surface area contributed by atoms with Crippen molar-refractivity contribution in [1.82, 2.24) is 4.98 Å². The molecule has 0 atom stereocenters. The van der Waals surface area contributed by atoms with Crippen LogP contribution in [0.15, 0.2) is 36.5 Å². The van der Waals surface area contributed by atoms with E-state index in [4.69, 9.17) is 5.73 Å². The van der Waals surface area contributed by atoms with Crippen molar-refractivity contribution in [3.05, 3.63) is 52.5 Å². The fourth-order valence-electron chi connectivity index (χ4n) is 1.43. The molecule has 0 amide bonds. The van der Waals surface area contributed by atoms with Gasteiger partial charge in [0.1, 0.15) is 17.7 Å². The van der Waals surface area contributed by atoms with Crippen LogP contribution in [0.3, 0.4) is 0 Å². The van der Waals surface area contributed by atoms with E-state index in [0.717, 1.165) is 0 Å². The van der Waals surface area contributed by atoms with Crippen LogP contribution >= 0.6 is 0 Å². The minimum absolute atomic E-state index is 0.0168. The van der Waals surface area contributed by atoms with E-state index in [2.05, 4.69) is 4.98 Å². The molecule has 5 nitrogen and oxygen atoms in total.